The van der Waals surface area contributed by atoms with Crippen LogP contribution in [0.4, 0.5) is 0 Å². The zero-order valence-corrected chi connectivity index (χ0v) is 17.0. The van der Waals surface area contributed by atoms with E-state index in [-0.39, 0.29) is 17.2 Å². The van der Waals surface area contributed by atoms with Crippen molar-refractivity contribution in [3.63, 3.8) is 0 Å². The van der Waals surface area contributed by atoms with Crippen molar-refractivity contribution in [3.8, 4) is 17.0 Å². The van der Waals surface area contributed by atoms with E-state index in [1.54, 1.807) is 40.9 Å². The molecule has 29 heavy (non-hydrogen) atoms. The van der Waals surface area contributed by atoms with Crippen LogP contribution in [0.25, 0.3) is 16.2 Å². The van der Waals surface area contributed by atoms with Gasteiger partial charge in [0.05, 0.1) is 5.69 Å². The molecule has 0 aliphatic rings. The van der Waals surface area contributed by atoms with E-state index < -0.39 is 5.56 Å². The lowest BCUT2D eigenvalue weighted by molar-refractivity contribution is 0.104. The number of carbonyl (C=O) groups excluding carboxylic acids is 1. The highest BCUT2D eigenvalue weighted by molar-refractivity contribution is 7.19. The predicted molar refractivity (Wildman–Crippen MR) is 113 cm³/mol. The van der Waals surface area contributed by atoms with Crippen molar-refractivity contribution >= 4 is 33.7 Å². The third-order valence-electron chi connectivity index (χ3n) is 4.43. The normalized spacial score (nSPS) is 11.1. The molecule has 0 aliphatic carbocycles. The molecule has 146 valence electrons. The van der Waals surface area contributed by atoms with E-state index in [1.807, 2.05) is 6.92 Å². The van der Waals surface area contributed by atoms with Gasteiger partial charge in [-0.05, 0) is 55.0 Å². The van der Waals surface area contributed by atoms with E-state index in [9.17, 15) is 14.7 Å². The van der Waals surface area contributed by atoms with E-state index in [0.717, 1.165) is 23.5 Å². The van der Waals surface area contributed by atoms with Crippen LogP contribution in [-0.4, -0.2) is 25.5 Å². The van der Waals surface area contributed by atoms with E-state index in [0.29, 0.717) is 32.4 Å². The molecule has 0 bridgehead atoms. The van der Waals surface area contributed by atoms with Crippen molar-refractivity contribution in [1.29, 1.82) is 0 Å². The number of fused-ring (bicyclic) bond motifs is 1. The Morgan fingerprint density at radius 1 is 1.14 bits per heavy atom. The van der Waals surface area contributed by atoms with Crippen LogP contribution in [-0.2, 0) is 6.42 Å². The Morgan fingerprint density at radius 3 is 2.48 bits per heavy atom. The predicted octanol–water partition coefficient (Wildman–Crippen LogP) is 4.36. The average Bonchev–Trinajstić information content (AvgIpc) is 3.06. The first kappa shape index (κ1) is 19.3. The minimum absolute atomic E-state index is 0.0981. The number of aromatic nitrogens is 3. The first-order valence-electron chi connectivity index (χ1n) is 9.00. The third-order valence-corrected chi connectivity index (χ3v) is 5.76. The van der Waals surface area contributed by atoms with Crippen LogP contribution in [0.2, 0.25) is 5.02 Å². The number of carbonyl (C=O) groups is 1. The van der Waals surface area contributed by atoms with E-state index in [4.69, 9.17) is 11.6 Å². The fourth-order valence-electron chi connectivity index (χ4n) is 3.03. The van der Waals surface area contributed by atoms with Crippen molar-refractivity contribution in [2.45, 2.75) is 19.8 Å². The number of rotatable bonds is 5. The lowest BCUT2D eigenvalue weighted by Crippen LogP contribution is -2.16. The van der Waals surface area contributed by atoms with Gasteiger partial charge in [0.25, 0.3) is 0 Å². The topological polar surface area (TPSA) is 84.6 Å². The Balaban J connectivity index is 1.89. The van der Waals surface area contributed by atoms with E-state index in [2.05, 4.69) is 10.1 Å². The van der Waals surface area contributed by atoms with Crippen LogP contribution < -0.4 is 5.56 Å². The second-order valence-corrected chi connectivity index (χ2v) is 7.88. The Morgan fingerprint density at radius 2 is 1.83 bits per heavy atom. The molecule has 4 rings (SSSR count). The molecule has 0 spiro atoms. The van der Waals surface area contributed by atoms with Gasteiger partial charge in [-0.1, -0.05) is 36.3 Å². The van der Waals surface area contributed by atoms with Crippen LogP contribution in [0, 0.1) is 0 Å². The molecule has 0 amide bonds. The maximum Gasteiger partial charge on any atom is 0.300 e. The summed E-state index contributed by atoms with van der Waals surface area (Å²) < 4.78 is 1.58. The van der Waals surface area contributed by atoms with Gasteiger partial charge < -0.3 is 5.11 Å². The van der Waals surface area contributed by atoms with Gasteiger partial charge in [0.15, 0.2) is 5.69 Å². The van der Waals surface area contributed by atoms with Gasteiger partial charge >= 0.3 is 5.56 Å². The molecule has 0 saturated heterocycles. The molecule has 2 aromatic carbocycles. The fraction of sp³-hybridized carbons (Fsp3) is 0.143. The van der Waals surface area contributed by atoms with Gasteiger partial charge in [0.2, 0.25) is 10.7 Å². The molecule has 0 radical (unpaired) electrons. The van der Waals surface area contributed by atoms with Crippen LogP contribution >= 0.6 is 22.9 Å². The van der Waals surface area contributed by atoms with Crippen LogP contribution in [0.3, 0.4) is 0 Å². The average molecular weight is 426 g/mol. The molecule has 0 unspecified atom stereocenters. The number of ketones is 1. The maximum atomic E-state index is 13.1. The number of aromatic hydroxyl groups is 1. The molecule has 4 aromatic rings. The summed E-state index contributed by atoms with van der Waals surface area (Å²) >= 11 is 7.09. The summed E-state index contributed by atoms with van der Waals surface area (Å²) in [6.07, 6.45) is 1.41. The van der Waals surface area contributed by atoms with Crippen molar-refractivity contribution in [3.05, 3.63) is 80.0 Å². The Kier molecular flexibility index (Phi) is 5.17. The second kappa shape index (κ2) is 7.77. The largest absolute Gasteiger partial charge is 0.508 e. The first-order chi connectivity index (χ1) is 14.0. The smallest absolute Gasteiger partial charge is 0.300 e. The van der Waals surface area contributed by atoms with Crippen molar-refractivity contribution in [2.24, 2.45) is 0 Å². The molecule has 0 atom stereocenters. The highest BCUT2D eigenvalue weighted by Crippen LogP contribution is 2.27. The summed E-state index contributed by atoms with van der Waals surface area (Å²) in [6.45, 7) is 2.01. The fourth-order valence-corrected chi connectivity index (χ4v) is 4.22. The Bertz CT molecular complexity index is 1260. The number of phenolic OH excluding ortho intramolecular Hbond substituents is 1. The van der Waals surface area contributed by atoms with Gasteiger partial charge in [-0.15, -0.1) is 0 Å². The van der Waals surface area contributed by atoms with Crippen molar-refractivity contribution in [2.75, 3.05) is 0 Å². The lowest BCUT2D eigenvalue weighted by Gasteiger charge is -2.05. The third kappa shape index (κ3) is 3.66. The number of aryl methyl sites for hydroxylation is 1. The minimum Gasteiger partial charge on any atom is -0.508 e. The minimum atomic E-state index is -0.481. The van der Waals surface area contributed by atoms with Gasteiger partial charge in [-0.25, -0.2) is 4.52 Å². The molecular formula is C21H16ClN3O3S. The lowest BCUT2D eigenvalue weighted by atomic mass is 10.1. The van der Waals surface area contributed by atoms with Crippen molar-refractivity contribution < 1.29 is 9.90 Å². The quantitative estimate of drug-likeness (QED) is 0.480. The molecule has 0 saturated carbocycles. The molecule has 0 fully saturated rings. The number of hydrogen-bond donors (Lipinski definition) is 1. The Labute approximate surface area is 175 Å². The summed E-state index contributed by atoms with van der Waals surface area (Å²) in [4.78, 5) is 30.7. The molecule has 0 aliphatic heterocycles. The van der Waals surface area contributed by atoms with Crippen LogP contribution in [0.1, 0.15) is 34.3 Å². The number of thiazole rings is 1. The molecule has 2 heterocycles. The van der Waals surface area contributed by atoms with Gasteiger partial charge in [-0.3, -0.25) is 9.59 Å². The summed E-state index contributed by atoms with van der Waals surface area (Å²) in [5.74, 6) is -0.0537. The molecule has 1 N–H and O–H groups in total. The molecule has 2 aromatic heterocycles. The number of nitrogens with zero attached hydrogens (tertiary/aromatic N) is 3. The Hall–Kier alpha value is -3.03. The van der Waals surface area contributed by atoms with Crippen molar-refractivity contribution in [1.82, 2.24) is 14.6 Å². The molecular weight excluding hydrogens is 410 g/mol. The standard InChI is InChI=1S/C21H16ClN3O3S/c1-2-3-16-19(18(27)13-4-8-14(22)9-5-13)29-21-23-20(28)17(24-25(16)21)12-6-10-15(26)11-7-12/h4-11,26H,2-3H2,1H3. The zero-order valence-electron chi connectivity index (χ0n) is 15.4. The molecule has 8 heteroatoms. The summed E-state index contributed by atoms with van der Waals surface area (Å²) in [5, 5.41) is 14.5. The monoisotopic (exact) mass is 425 g/mol. The first-order valence-corrected chi connectivity index (χ1v) is 10.2. The van der Waals surface area contributed by atoms with Crippen LogP contribution in [0.5, 0.6) is 5.75 Å². The van der Waals surface area contributed by atoms with E-state index >= 15 is 0 Å². The van der Waals surface area contributed by atoms with Gasteiger partial charge in [0.1, 0.15) is 10.6 Å². The summed E-state index contributed by atoms with van der Waals surface area (Å²) in [7, 11) is 0. The number of phenols is 1. The number of benzene rings is 2. The highest BCUT2D eigenvalue weighted by atomic mass is 35.5. The number of hydrogen-bond acceptors (Lipinski definition) is 6. The zero-order chi connectivity index (χ0) is 20.5. The van der Waals surface area contributed by atoms with Gasteiger partial charge in [0, 0.05) is 16.1 Å². The van der Waals surface area contributed by atoms with E-state index in [1.165, 1.54) is 12.1 Å². The SMILES string of the molecule is CCCc1c(C(=O)c2ccc(Cl)cc2)sc2nc(=O)c(-c3ccc(O)cc3)nn12. The second-order valence-electron chi connectivity index (χ2n) is 6.47. The summed E-state index contributed by atoms with van der Waals surface area (Å²) in [5.41, 5.74) is 1.47. The summed E-state index contributed by atoms with van der Waals surface area (Å²) in [6, 6.07) is 12.9. The maximum absolute atomic E-state index is 13.1. The molecule has 6 nitrogen and oxygen atoms in total. The van der Waals surface area contributed by atoms with Crippen LogP contribution in [0.15, 0.2) is 53.3 Å². The number of halogens is 1. The highest BCUT2D eigenvalue weighted by Gasteiger charge is 2.22. The van der Waals surface area contributed by atoms with Gasteiger partial charge in [-0.2, -0.15) is 10.1 Å².